The number of carbonyl (C=O) groups excluding carboxylic acids is 1. The van der Waals surface area contributed by atoms with E-state index in [4.69, 9.17) is 0 Å². The molecule has 0 spiro atoms. The number of hydrogen-bond acceptors (Lipinski definition) is 4. The molecule has 1 aromatic carbocycles. The first-order valence-corrected chi connectivity index (χ1v) is 11.7. The molecule has 1 fully saturated rings. The first kappa shape index (κ1) is 21.6. The van der Waals surface area contributed by atoms with Gasteiger partial charge in [0.2, 0.25) is 5.91 Å². The van der Waals surface area contributed by atoms with Gasteiger partial charge in [-0.15, -0.1) is 0 Å². The Hall–Kier alpha value is -2.66. The molecule has 164 valence electrons. The average Bonchev–Trinajstić information content (AvgIpc) is 2.80. The SMILES string of the molecule is CCc1cccc(CC)c1NC1CCN(CC(=O)Nc2cnc3c(c2)=CCCC=3)CC1. The lowest BCUT2D eigenvalue weighted by atomic mass is 9.99. The van der Waals surface area contributed by atoms with Crippen LogP contribution in [0.15, 0.2) is 30.5 Å². The lowest BCUT2D eigenvalue weighted by Gasteiger charge is -2.33. The number of likely N-dealkylation sites (tertiary alicyclic amines) is 1. The van der Waals surface area contributed by atoms with Crippen molar-refractivity contribution in [3.63, 3.8) is 0 Å². The maximum Gasteiger partial charge on any atom is 0.238 e. The predicted molar refractivity (Wildman–Crippen MR) is 129 cm³/mol. The lowest BCUT2D eigenvalue weighted by Crippen LogP contribution is -2.43. The Kier molecular flexibility index (Phi) is 7.03. The zero-order valence-electron chi connectivity index (χ0n) is 18.8. The number of rotatable bonds is 7. The zero-order chi connectivity index (χ0) is 21.6. The molecule has 1 aliphatic heterocycles. The number of amides is 1. The van der Waals surface area contributed by atoms with Crippen molar-refractivity contribution in [3.8, 4) is 0 Å². The summed E-state index contributed by atoms with van der Waals surface area (Å²) in [5.74, 6) is 0.0394. The van der Waals surface area contributed by atoms with Crippen molar-refractivity contribution in [2.24, 2.45) is 0 Å². The fourth-order valence-corrected chi connectivity index (χ4v) is 4.62. The van der Waals surface area contributed by atoms with Gasteiger partial charge < -0.3 is 10.6 Å². The monoisotopic (exact) mass is 418 g/mol. The van der Waals surface area contributed by atoms with Gasteiger partial charge in [0.05, 0.1) is 23.8 Å². The molecule has 0 radical (unpaired) electrons. The molecule has 31 heavy (non-hydrogen) atoms. The number of piperidine rings is 1. The van der Waals surface area contributed by atoms with E-state index < -0.39 is 0 Å². The Balaban J connectivity index is 1.29. The van der Waals surface area contributed by atoms with Gasteiger partial charge in [-0.25, -0.2) is 0 Å². The summed E-state index contributed by atoms with van der Waals surface area (Å²) in [4.78, 5) is 19.3. The maximum absolute atomic E-state index is 12.6. The summed E-state index contributed by atoms with van der Waals surface area (Å²) < 4.78 is 0. The number of fused-ring (bicyclic) bond motifs is 1. The topological polar surface area (TPSA) is 57.3 Å². The number of nitrogens with zero attached hydrogens (tertiary/aromatic N) is 2. The van der Waals surface area contributed by atoms with Gasteiger partial charge in [-0.2, -0.15) is 0 Å². The van der Waals surface area contributed by atoms with Gasteiger partial charge in [-0.05, 0) is 60.9 Å². The highest BCUT2D eigenvalue weighted by Crippen LogP contribution is 2.25. The lowest BCUT2D eigenvalue weighted by molar-refractivity contribution is -0.117. The molecular formula is C26H34N4O. The number of anilines is 2. The van der Waals surface area contributed by atoms with Crippen LogP contribution < -0.4 is 21.2 Å². The van der Waals surface area contributed by atoms with Crippen molar-refractivity contribution < 1.29 is 4.79 Å². The van der Waals surface area contributed by atoms with E-state index in [1.165, 1.54) is 16.8 Å². The first-order valence-electron chi connectivity index (χ1n) is 11.7. The van der Waals surface area contributed by atoms with Crippen LogP contribution >= 0.6 is 0 Å². The summed E-state index contributed by atoms with van der Waals surface area (Å²) in [5, 5.41) is 8.99. The summed E-state index contributed by atoms with van der Waals surface area (Å²) in [6, 6.07) is 9.12. The van der Waals surface area contributed by atoms with Crippen LogP contribution in [0.5, 0.6) is 0 Å². The van der Waals surface area contributed by atoms with E-state index >= 15 is 0 Å². The van der Waals surface area contributed by atoms with Crippen LogP contribution in [-0.4, -0.2) is 41.5 Å². The number of benzene rings is 1. The molecule has 0 unspecified atom stereocenters. The molecule has 2 aliphatic rings. The van der Waals surface area contributed by atoms with Gasteiger partial charge in [0.25, 0.3) is 0 Å². The Labute approximate surface area is 185 Å². The van der Waals surface area contributed by atoms with Crippen LogP contribution in [0, 0.1) is 0 Å². The second kappa shape index (κ2) is 10.1. The Morgan fingerprint density at radius 1 is 1.10 bits per heavy atom. The highest BCUT2D eigenvalue weighted by molar-refractivity contribution is 5.92. The number of para-hydroxylation sites is 1. The van der Waals surface area contributed by atoms with Crippen molar-refractivity contribution in [1.29, 1.82) is 0 Å². The molecule has 0 bridgehead atoms. The van der Waals surface area contributed by atoms with Gasteiger partial charge in [0, 0.05) is 24.8 Å². The summed E-state index contributed by atoms with van der Waals surface area (Å²) in [6.45, 7) is 6.74. The van der Waals surface area contributed by atoms with Crippen LogP contribution in [-0.2, 0) is 17.6 Å². The molecular weight excluding hydrogens is 384 g/mol. The minimum absolute atomic E-state index is 0.0394. The standard InChI is InChI=1S/C26H34N4O/c1-3-19-9-7-10-20(4-2)26(19)29-22-12-14-30(15-13-22)18-25(31)28-23-16-21-8-5-6-11-24(21)27-17-23/h7-11,16-17,22,29H,3-6,12-15,18H2,1-2H3,(H,28,31). The normalized spacial score (nSPS) is 16.7. The zero-order valence-corrected chi connectivity index (χ0v) is 18.8. The second-order valence-corrected chi connectivity index (χ2v) is 8.59. The smallest absolute Gasteiger partial charge is 0.238 e. The van der Waals surface area contributed by atoms with Gasteiger partial charge in [-0.1, -0.05) is 44.2 Å². The second-order valence-electron chi connectivity index (χ2n) is 8.59. The van der Waals surface area contributed by atoms with Crippen molar-refractivity contribution in [3.05, 3.63) is 52.2 Å². The van der Waals surface area contributed by atoms with Crippen LogP contribution in [0.4, 0.5) is 11.4 Å². The predicted octanol–water partition coefficient (Wildman–Crippen LogP) is 3.08. The van der Waals surface area contributed by atoms with E-state index in [0.29, 0.717) is 12.6 Å². The Morgan fingerprint density at radius 2 is 1.81 bits per heavy atom. The number of aryl methyl sites for hydroxylation is 2. The van der Waals surface area contributed by atoms with Crippen LogP contribution in [0.3, 0.4) is 0 Å². The van der Waals surface area contributed by atoms with E-state index in [0.717, 1.165) is 67.9 Å². The van der Waals surface area contributed by atoms with Crippen molar-refractivity contribution in [1.82, 2.24) is 9.88 Å². The van der Waals surface area contributed by atoms with Gasteiger partial charge in [0.1, 0.15) is 0 Å². The number of nitrogens with one attached hydrogen (secondary N) is 2. The summed E-state index contributed by atoms with van der Waals surface area (Å²) in [6.07, 6.45) is 12.4. The van der Waals surface area contributed by atoms with E-state index in [9.17, 15) is 4.79 Å². The van der Waals surface area contributed by atoms with E-state index in [-0.39, 0.29) is 5.91 Å². The fourth-order valence-electron chi connectivity index (χ4n) is 4.62. The van der Waals surface area contributed by atoms with E-state index in [1.54, 1.807) is 6.20 Å². The Bertz CT molecular complexity index is 1020. The molecule has 5 heteroatoms. The number of aromatic nitrogens is 1. The molecule has 2 N–H and O–H groups in total. The molecule has 1 amide bonds. The molecule has 0 saturated carbocycles. The van der Waals surface area contributed by atoms with Crippen molar-refractivity contribution in [2.45, 2.75) is 58.4 Å². The highest BCUT2D eigenvalue weighted by atomic mass is 16.2. The molecule has 0 atom stereocenters. The summed E-state index contributed by atoms with van der Waals surface area (Å²) in [5.41, 5.74) is 4.91. The molecule has 2 aromatic rings. The third-order valence-electron chi connectivity index (χ3n) is 6.40. The Morgan fingerprint density at radius 3 is 2.52 bits per heavy atom. The summed E-state index contributed by atoms with van der Waals surface area (Å²) in [7, 11) is 0. The number of hydrogen-bond donors (Lipinski definition) is 2. The fraction of sp³-hybridized carbons (Fsp3) is 0.462. The van der Waals surface area contributed by atoms with Gasteiger partial charge in [0.15, 0.2) is 0 Å². The van der Waals surface area contributed by atoms with Crippen LogP contribution in [0.2, 0.25) is 0 Å². The molecule has 2 heterocycles. The third-order valence-corrected chi connectivity index (χ3v) is 6.40. The highest BCUT2D eigenvalue weighted by Gasteiger charge is 2.22. The average molecular weight is 419 g/mol. The van der Waals surface area contributed by atoms with Crippen LogP contribution in [0.25, 0.3) is 12.2 Å². The molecule has 5 nitrogen and oxygen atoms in total. The molecule has 1 aromatic heterocycles. The molecule has 4 rings (SSSR count). The van der Waals surface area contributed by atoms with Crippen molar-refractivity contribution >= 4 is 29.4 Å². The van der Waals surface area contributed by atoms with Crippen molar-refractivity contribution in [2.75, 3.05) is 30.3 Å². The minimum Gasteiger partial charge on any atom is -0.382 e. The number of pyridine rings is 1. The van der Waals surface area contributed by atoms with E-state index in [1.807, 2.05) is 6.07 Å². The first-order chi connectivity index (χ1) is 15.2. The third kappa shape index (κ3) is 5.34. The van der Waals surface area contributed by atoms with E-state index in [2.05, 4.69) is 64.7 Å². The minimum atomic E-state index is 0.0394. The molecule has 1 aliphatic carbocycles. The maximum atomic E-state index is 12.6. The quantitative estimate of drug-likeness (QED) is 0.726. The summed E-state index contributed by atoms with van der Waals surface area (Å²) >= 11 is 0. The molecule has 1 saturated heterocycles. The van der Waals surface area contributed by atoms with Gasteiger partial charge in [-0.3, -0.25) is 14.7 Å². The van der Waals surface area contributed by atoms with Crippen LogP contribution in [0.1, 0.15) is 50.7 Å². The van der Waals surface area contributed by atoms with Gasteiger partial charge >= 0.3 is 0 Å². The largest absolute Gasteiger partial charge is 0.382 e. The number of carbonyl (C=O) groups is 1.